The predicted molar refractivity (Wildman–Crippen MR) is 86.0 cm³/mol. The number of nitrogens with one attached hydrogen (secondary N) is 2. The van der Waals surface area contributed by atoms with Gasteiger partial charge in [0.25, 0.3) is 5.91 Å². The van der Waals surface area contributed by atoms with Crippen LogP contribution in [0.4, 0.5) is 0 Å². The molecule has 1 aromatic heterocycles. The highest BCUT2D eigenvalue weighted by Gasteiger charge is 2.27. The van der Waals surface area contributed by atoms with Gasteiger partial charge in [0.15, 0.2) is 0 Å². The molecule has 1 fully saturated rings. The Hall–Kier alpha value is -0.840. The van der Waals surface area contributed by atoms with Crippen molar-refractivity contribution in [1.82, 2.24) is 15.6 Å². The second-order valence-corrected chi connectivity index (χ2v) is 5.43. The minimum absolute atomic E-state index is 0. The van der Waals surface area contributed by atoms with Crippen LogP contribution in [0.15, 0.2) is 18.3 Å². The number of piperidine rings is 1. The minimum atomic E-state index is -0.0257. The lowest BCUT2D eigenvalue weighted by atomic mass is 9.81. The smallest absolute Gasteiger partial charge is 0.252 e. The molecule has 0 saturated carbocycles. The van der Waals surface area contributed by atoms with Crippen LogP contribution in [0.3, 0.4) is 0 Å². The summed E-state index contributed by atoms with van der Waals surface area (Å²) in [6, 6.07) is 3.68. The van der Waals surface area contributed by atoms with Crippen molar-refractivity contribution >= 4 is 30.7 Å². The molecule has 0 bridgehead atoms. The first-order valence-corrected chi connectivity index (χ1v) is 6.51. The van der Waals surface area contributed by atoms with Gasteiger partial charge in [-0.3, -0.25) is 9.78 Å². The highest BCUT2D eigenvalue weighted by atomic mass is 35.5. The Balaban J connectivity index is 0.00000180. The summed E-state index contributed by atoms with van der Waals surface area (Å²) in [7, 11) is 0. The number of nitrogens with zero attached hydrogens (tertiary/aromatic N) is 1. The summed E-state index contributed by atoms with van der Waals surface area (Å²) in [6.45, 7) is 6.97. The Kier molecular flexibility index (Phi) is 8.09. The summed E-state index contributed by atoms with van der Waals surface area (Å²) in [5.74, 6) is -0.0257. The Labute approximate surface area is 132 Å². The van der Waals surface area contributed by atoms with Crippen LogP contribution in [0.5, 0.6) is 0 Å². The quantitative estimate of drug-likeness (QED) is 0.899. The number of hydrogen-bond acceptors (Lipinski definition) is 3. The lowest BCUT2D eigenvalue weighted by molar-refractivity contribution is 0.0922. The van der Waals surface area contributed by atoms with Crippen LogP contribution in [-0.4, -0.2) is 30.5 Å². The van der Waals surface area contributed by atoms with Crippen molar-refractivity contribution in [3.8, 4) is 0 Å². The maximum absolute atomic E-state index is 12.0. The zero-order valence-corrected chi connectivity index (χ0v) is 13.6. The largest absolute Gasteiger partial charge is 0.351 e. The highest BCUT2D eigenvalue weighted by molar-refractivity contribution is 5.93. The summed E-state index contributed by atoms with van der Waals surface area (Å²) < 4.78 is 0. The fourth-order valence-electron chi connectivity index (χ4n) is 2.20. The van der Waals surface area contributed by atoms with Gasteiger partial charge < -0.3 is 10.6 Å². The first-order chi connectivity index (χ1) is 8.59. The molecule has 1 aromatic rings. The third kappa shape index (κ3) is 5.27. The van der Waals surface area contributed by atoms with Gasteiger partial charge in [0.1, 0.15) is 0 Å². The number of carbonyl (C=O) groups excluding carboxylic acids is 1. The molecule has 114 valence electrons. The fraction of sp³-hybridized carbons (Fsp3) is 0.571. The van der Waals surface area contributed by atoms with Gasteiger partial charge in [-0.25, -0.2) is 0 Å². The van der Waals surface area contributed by atoms with Crippen molar-refractivity contribution in [1.29, 1.82) is 0 Å². The van der Waals surface area contributed by atoms with Gasteiger partial charge in [-0.2, -0.15) is 0 Å². The first kappa shape index (κ1) is 19.2. The van der Waals surface area contributed by atoms with Crippen LogP contribution in [0.25, 0.3) is 0 Å². The van der Waals surface area contributed by atoms with Crippen molar-refractivity contribution in [2.75, 3.05) is 19.6 Å². The monoisotopic (exact) mass is 319 g/mol. The van der Waals surface area contributed by atoms with E-state index in [2.05, 4.69) is 22.5 Å². The maximum atomic E-state index is 12.0. The highest BCUT2D eigenvalue weighted by Crippen LogP contribution is 2.26. The zero-order valence-electron chi connectivity index (χ0n) is 11.9. The average molecular weight is 320 g/mol. The van der Waals surface area contributed by atoms with Crippen LogP contribution in [0, 0.1) is 12.3 Å². The molecule has 2 N–H and O–H groups in total. The molecular formula is C14H23Cl2N3O. The molecule has 20 heavy (non-hydrogen) atoms. The third-order valence-corrected chi connectivity index (χ3v) is 3.66. The molecule has 6 heteroatoms. The van der Waals surface area contributed by atoms with Crippen LogP contribution in [-0.2, 0) is 0 Å². The summed E-state index contributed by atoms with van der Waals surface area (Å²) in [5.41, 5.74) is 1.79. The standard InChI is InChI=1S/C14H21N3O.2ClH/c1-11-3-4-12(9-16-11)13(18)17-10-14(2)5-7-15-8-6-14;;/h3-4,9,15H,5-8,10H2,1-2H3,(H,17,18);2*1H. The van der Waals surface area contributed by atoms with Crippen molar-refractivity contribution in [3.63, 3.8) is 0 Å². The number of aryl methyl sites for hydroxylation is 1. The van der Waals surface area contributed by atoms with E-state index in [9.17, 15) is 4.79 Å². The molecule has 4 nitrogen and oxygen atoms in total. The molecule has 0 aromatic carbocycles. The van der Waals surface area contributed by atoms with E-state index < -0.39 is 0 Å². The summed E-state index contributed by atoms with van der Waals surface area (Å²) in [5, 5.41) is 6.36. The molecule has 2 rings (SSSR count). The van der Waals surface area contributed by atoms with E-state index in [1.165, 1.54) is 0 Å². The van der Waals surface area contributed by atoms with Gasteiger partial charge in [-0.1, -0.05) is 6.92 Å². The van der Waals surface area contributed by atoms with Crippen LogP contribution in [0.1, 0.15) is 35.8 Å². The molecule has 0 unspecified atom stereocenters. The van der Waals surface area contributed by atoms with Crippen molar-refractivity contribution in [2.24, 2.45) is 5.41 Å². The summed E-state index contributed by atoms with van der Waals surface area (Å²) in [6.07, 6.45) is 3.86. The molecule has 1 amide bonds. The van der Waals surface area contributed by atoms with Gasteiger partial charge in [-0.15, -0.1) is 24.8 Å². The number of rotatable bonds is 3. The normalized spacial score (nSPS) is 16.5. The topological polar surface area (TPSA) is 54.0 Å². The summed E-state index contributed by atoms with van der Waals surface area (Å²) in [4.78, 5) is 16.1. The van der Waals surface area contributed by atoms with E-state index in [1.54, 1.807) is 6.20 Å². The summed E-state index contributed by atoms with van der Waals surface area (Å²) >= 11 is 0. The minimum Gasteiger partial charge on any atom is -0.351 e. The Morgan fingerprint density at radius 2 is 2.00 bits per heavy atom. The van der Waals surface area contributed by atoms with Crippen LogP contribution < -0.4 is 10.6 Å². The van der Waals surface area contributed by atoms with E-state index in [4.69, 9.17) is 0 Å². The molecule has 2 heterocycles. The predicted octanol–water partition coefficient (Wildman–Crippen LogP) is 2.35. The van der Waals surface area contributed by atoms with Crippen molar-refractivity contribution in [3.05, 3.63) is 29.6 Å². The second kappa shape index (κ2) is 8.45. The van der Waals surface area contributed by atoms with E-state index in [0.717, 1.165) is 38.2 Å². The number of hydrogen-bond donors (Lipinski definition) is 2. The molecule has 1 aliphatic rings. The average Bonchev–Trinajstić information content (AvgIpc) is 2.38. The number of aromatic nitrogens is 1. The lowest BCUT2D eigenvalue weighted by Crippen LogP contribution is -2.42. The van der Waals surface area contributed by atoms with Gasteiger partial charge >= 0.3 is 0 Å². The molecular weight excluding hydrogens is 297 g/mol. The molecule has 0 radical (unpaired) electrons. The molecule has 1 saturated heterocycles. The maximum Gasteiger partial charge on any atom is 0.252 e. The van der Waals surface area contributed by atoms with Gasteiger partial charge in [-0.05, 0) is 50.4 Å². The third-order valence-electron chi connectivity index (χ3n) is 3.66. The Morgan fingerprint density at radius 3 is 2.55 bits per heavy atom. The first-order valence-electron chi connectivity index (χ1n) is 6.51. The number of amides is 1. The second-order valence-electron chi connectivity index (χ2n) is 5.43. The van der Waals surface area contributed by atoms with Crippen molar-refractivity contribution in [2.45, 2.75) is 26.7 Å². The van der Waals surface area contributed by atoms with E-state index in [1.807, 2.05) is 19.1 Å². The van der Waals surface area contributed by atoms with E-state index >= 15 is 0 Å². The molecule has 1 aliphatic heterocycles. The van der Waals surface area contributed by atoms with E-state index in [-0.39, 0.29) is 36.1 Å². The Bertz CT molecular complexity index is 417. The number of pyridine rings is 1. The van der Waals surface area contributed by atoms with Gasteiger partial charge in [0.2, 0.25) is 0 Å². The number of halogens is 2. The van der Waals surface area contributed by atoms with E-state index in [0.29, 0.717) is 5.56 Å². The SMILES string of the molecule is Cc1ccc(C(=O)NCC2(C)CCNCC2)cn1.Cl.Cl. The molecule has 0 atom stereocenters. The van der Waals surface area contributed by atoms with Crippen molar-refractivity contribution < 1.29 is 4.79 Å². The molecule has 0 aliphatic carbocycles. The van der Waals surface area contributed by atoms with Crippen LogP contribution >= 0.6 is 24.8 Å². The van der Waals surface area contributed by atoms with Gasteiger partial charge in [0.05, 0.1) is 5.56 Å². The van der Waals surface area contributed by atoms with Gasteiger partial charge in [0, 0.05) is 18.4 Å². The lowest BCUT2D eigenvalue weighted by Gasteiger charge is -2.34. The zero-order chi connectivity index (χ0) is 13.0. The molecule has 0 spiro atoms. The Morgan fingerprint density at radius 1 is 1.35 bits per heavy atom. The van der Waals surface area contributed by atoms with Crippen LogP contribution in [0.2, 0.25) is 0 Å². The number of carbonyl (C=O) groups is 1. The fourth-order valence-corrected chi connectivity index (χ4v) is 2.20.